The Kier molecular flexibility index (Phi) is 13.7. The van der Waals surface area contributed by atoms with Gasteiger partial charge in [0.2, 0.25) is 0 Å². The van der Waals surface area contributed by atoms with E-state index in [9.17, 15) is 9.59 Å². The summed E-state index contributed by atoms with van der Waals surface area (Å²) in [6, 6.07) is 0. The monoisotopic (exact) mass is 333 g/mol. The number of ether oxygens (including phenoxy) is 4. The maximum Gasteiger partial charge on any atom is 0.317 e. The Morgan fingerprint density at radius 2 is 1.39 bits per heavy atom. The van der Waals surface area contributed by atoms with Gasteiger partial charge < -0.3 is 23.8 Å². The van der Waals surface area contributed by atoms with Crippen LogP contribution < -0.4 is 0 Å². The molecule has 7 heteroatoms. The molecule has 0 spiro atoms. The minimum atomic E-state index is -0.553. The Morgan fingerprint density at radius 1 is 0.870 bits per heavy atom. The predicted octanol–water partition coefficient (Wildman–Crippen LogP) is 1.10. The number of hydrogen-bond acceptors (Lipinski definition) is 7. The fraction of sp³-hybridized carbons (Fsp3) is 0.875. The van der Waals surface area contributed by atoms with Crippen LogP contribution in [-0.2, 0) is 28.5 Å². The van der Waals surface area contributed by atoms with E-state index < -0.39 is 11.9 Å². The number of esters is 2. The molecule has 0 aromatic heterocycles. The molecule has 0 saturated carbocycles. The molecule has 0 fully saturated rings. The van der Waals surface area contributed by atoms with E-state index in [1.54, 1.807) is 14.2 Å². The van der Waals surface area contributed by atoms with Crippen LogP contribution in [0.25, 0.3) is 0 Å². The molecule has 1 unspecified atom stereocenters. The van der Waals surface area contributed by atoms with E-state index in [1.807, 2.05) is 11.9 Å². The lowest BCUT2D eigenvalue weighted by Gasteiger charge is -2.15. The van der Waals surface area contributed by atoms with Crippen molar-refractivity contribution in [2.45, 2.75) is 26.2 Å². The minimum absolute atomic E-state index is 0.250. The van der Waals surface area contributed by atoms with Gasteiger partial charge in [-0.3, -0.25) is 9.59 Å². The van der Waals surface area contributed by atoms with Crippen LogP contribution in [0.3, 0.4) is 0 Å². The van der Waals surface area contributed by atoms with Crippen LogP contribution in [0, 0.1) is 5.92 Å². The number of carbonyl (C=O) groups is 2. The van der Waals surface area contributed by atoms with E-state index >= 15 is 0 Å². The van der Waals surface area contributed by atoms with Crippen LogP contribution in [0.5, 0.6) is 0 Å². The van der Waals surface area contributed by atoms with Gasteiger partial charge in [0.25, 0.3) is 0 Å². The van der Waals surface area contributed by atoms with Crippen molar-refractivity contribution in [3.8, 4) is 0 Å². The van der Waals surface area contributed by atoms with E-state index in [-0.39, 0.29) is 13.0 Å². The molecule has 0 saturated heterocycles. The van der Waals surface area contributed by atoms with Crippen molar-refractivity contribution in [3.05, 3.63) is 0 Å². The van der Waals surface area contributed by atoms with E-state index in [2.05, 4.69) is 6.92 Å². The fourth-order valence-corrected chi connectivity index (χ4v) is 1.73. The lowest BCUT2D eigenvalue weighted by molar-refractivity contribution is -0.154. The van der Waals surface area contributed by atoms with Crippen LogP contribution >= 0.6 is 0 Å². The highest BCUT2D eigenvalue weighted by atomic mass is 16.6. The molecule has 0 aliphatic heterocycles. The van der Waals surface area contributed by atoms with Gasteiger partial charge in [-0.05, 0) is 25.8 Å². The standard InChI is InChI=1S/C16H31NO6/c1-14(5-9-20-3)6-10-22-15(18)13-16(19)23-12-8-17(2)7-11-21-4/h14H,5-13H2,1-4H3. The molecule has 0 aromatic carbocycles. The third kappa shape index (κ3) is 14.2. The summed E-state index contributed by atoms with van der Waals surface area (Å²) in [4.78, 5) is 25.0. The van der Waals surface area contributed by atoms with Gasteiger partial charge in [0.1, 0.15) is 13.0 Å². The van der Waals surface area contributed by atoms with Gasteiger partial charge >= 0.3 is 11.9 Å². The van der Waals surface area contributed by atoms with Crippen molar-refractivity contribution in [1.82, 2.24) is 4.90 Å². The van der Waals surface area contributed by atoms with Crippen molar-refractivity contribution in [1.29, 1.82) is 0 Å². The number of nitrogens with zero attached hydrogens (tertiary/aromatic N) is 1. The summed E-state index contributed by atoms with van der Waals surface area (Å²) in [7, 11) is 5.21. The van der Waals surface area contributed by atoms with Crippen molar-refractivity contribution in [2.24, 2.45) is 5.92 Å². The summed E-state index contributed by atoms with van der Waals surface area (Å²) in [6.45, 7) is 5.32. The molecule has 0 amide bonds. The molecule has 0 radical (unpaired) electrons. The Morgan fingerprint density at radius 3 is 2.00 bits per heavy atom. The average molecular weight is 333 g/mol. The molecule has 0 rings (SSSR count). The molecule has 0 N–H and O–H groups in total. The number of rotatable bonds is 14. The first-order chi connectivity index (χ1) is 11.0. The molecule has 0 bridgehead atoms. The minimum Gasteiger partial charge on any atom is -0.465 e. The molecule has 23 heavy (non-hydrogen) atoms. The summed E-state index contributed by atoms with van der Waals surface area (Å²) in [5.41, 5.74) is 0. The average Bonchev–Trinajstić information content (AvgIpc) is 2.50. The van der Waals surface area contributed by atoms with E-state index in [0.29, 0.717) is 32.3 Å². The van der Waals surface area contributed by atoms with Crippen LogP contribution in [0.4, 0.5) is 0 Å². The molecule has 1 atom stereocenters. The molecular weight excluding hydrogens is 302 g/mol. The Balaban J connectivity index is 3.63. The second-order valence-corrected chi connectivity index (χ2v) is 5.59. The predicted molar refractivity (Wildman–Crippen MR) is 86.2 cm³/mol. The third-order valence-electron chi connectivity index (χ3n) is 3.39. The van der Waals surface area contributed by atoms with Gasteiger partial charge in [-0.25, -0.2) is 0 Å². The number of likely N-dealkylation sites (N-methyl/N-ethyl adjacent to an activating group) is 1. The summed E-state index contributed by atoms with van der Waals surface area (Å²) in [5, 5.41) is 0. The van der Waals surface area contributed by atoms with Gasteiger partial charge in [-0.2, -0.15) is 0 Å². The summed E-state index contributed by atoms with van der Waals surface area (Å²) < 4.78 is 20.0. The van der Waals surface area contributed by atoms with Gasteiger partial charge in [-0.1, -0.05) is 6.92 Å². The van der Waals surface area contributed by atoms with Crippen LogP contribution in [0.2, 0.25) is 0 Å². The number of hydrogen-bond donors (Lipinski definition) is 0. The Labute approximate surface area is 139 Å². The van der Waals surface area contributed by atoms with Gasteiger partial charge in [-0.15, -0.1) is 0 Å². The topological polar surface area (TPSA) is 74.3 Å². The molecule has 136 valence electrons. The van der Waals surface area contributed by atoms with E-state index in [0.717, 1.165) is 19.4 Å². The molecular formula is C16H31NO6. The largest absolute Gasteiger partial charge is 0.465 e. The summed E-state index contributed by atoms with van der Waals surface area (Å²) in [5.74, 6) is -0.679. The highest BCUT2D eigenvalue weighted by molar-refractivity contribution is 5.91. The van der Waals surface area contributed by atoms with Crippen LogP contribution in [0.15, 0.2) is 0 Å². The SMILES string of the molecule is COCCC(C)CCOC(=O)CC(=O)OCCN(C)CCOC. The highest BCUT2D eigenvalue weighted by Crippen LogP contribution is 2.07. The third-order valence-corrected chi connectivity index (χ3v) is 3.39. The Hall–Kier alpha value is -1.18. The Bertz CT molecular complexity index is 294. The molecule has 0 aliphatic carbocycles. The van der Waals surface area contributed by atoms with Gasteiger partial charge in [0, 0.05) is 33.9 Å². The van der Waals surface area contributed by atoms with E-state index in [1.165, 1.54) is 0 Å². The maximum atomic E-state index is 11.5. The molecule has 7 nitrogen and oxygen atoms in total. The second kappa shape index (κ2) is 14.4. The summed E-state index contributed by atoms with van der Waals surface area (Å²) >= 11 is 0. The van der Waals surface area contributed by atoms with Crippen molar-refractivity contribution in [2.75, 3.05) is 60.8 Å². The van der Waals surface area contributed by atoms with Crippen molar-refractivity contribution in [3.63, 3.8) is 0 Å². The van der Waals surface area contributed by atoms with Crippen molar-refractivity contribution < 1.29 is 28.5 Å². The first-order valence-corrected chi connectivity index (χ1v) is 7.97. The van der Waals surface area contributed by atoms with Gasteiger partial charge in [0.05, 0.1) is 13.2 Å². The number of carbonyl (C=O) groups excluding carboxylic acids is 2. The molecule has 0 aromatic rings. The first kappa shape index (κ1) is 21.8. The quantitative estimate of drug-likeness (QED) is 0.348. The normalized spacial score (nSPS) is 12.2. The maximum absolute atomic E-state index is 11.5. The van der Waals surface area contributed by atoms with E-state index in [4.69, 9.17) is 18.9 Å². The van der Waals surface area contributed by atoms with Gasteiger partial charge in [0.15, 0.2) is 0 Å². The van der Waals surface area contributed by atoms with Crippen molar-refractivity contribution >= 4 is 11.9 Å². The zero-order valence-corrected chi connectivity index (χ0v) is 14.8. The van der Waals surface area contributed by atoms with Crippen LogP contribution in [-0.4, -0.2) is 77.6 Å². The smallest absolute Gasteiger partial charge is 0.317 e. The van der Waals surface area contributed by atoms with Crippen LogP contribution in [0.1, 0.15) is 26.2 Å². The first-order valence-electron chi connectivity index (χ1n) is 7.97. The fourth-order valence-electron chi connectivity index (χ4n) is 1.73. The molecule has 0 aliphatic rings. The highest BCUT2D eigenvalue weighted by Gasteiger charge is 2.13. The zero-order valence-electron chi connectivity index (χ0n) is 14.8. The summed E-state index contributed by atoms with van der Waals surface area (Å²) in [6.07, 6.45) is 1.34. The lowest BCUT2D eigenvalue weighted by atomic mass is 10.1. The molecule has 0 heterocycles. The number of methoxy groups -OCH3 is 2. The second-order valence-electron chi connectivity index (χ2n) is 5.59. The lowest BCUT2D eigenvalue weighted by Crippen LogP contribution is -2.28. The zero-order chi connectivity index (χ0) is 17.5.